The van der Waals surface area contributed by atoms with Crippen LogP contribution in [-0.4, -0.2) is 66.7 Å². The van der Waals surface area contributed by atoms with E-state index in [0.29, 0.717) is 67.7 Å². The average Bonchev–Trinajstić information content (AvgIpc) is 2.79. The molecule has 0 radical (unpaired) electrons. The number of rotatable bonds is 9. The molecule has 2 aromatic carbocycles. The summed E-state index contributed by atoms with van der Waals surface area (Å²) < 4.78 is 5.65. The van der Waals surface area contributed by atoms with Crippen molar-refractivity contribution in [3.8, 4) is 5.75 Å². The predicted molar refractivity (Wildman–Crippen MR) is 124 cm³/mol. The van der Waals surface area contributed by atoms with Crippen LogP contribution in [0.5, 0.6) is 5.75 Å². The summed E-state index contributed by atoms with van der Waals surface area (Å²) in [6.07, 6.45) is 1.03. The van der Waals surface area contributed by atoms with Crippen LogP contribution in [0.3, 0.4) is 0 Å². The lowest BCUT2D eigenvalue weighted by molar-refractivity contribution is -0.133. The number of Topliss-reactive ketones (excluding diaryl/α,β-unsaturated/α-hetero) is 1. The molecule has 32 heavy (non-hydrogen) atoms. The van der Waals surface area contributed by atoms with Gasteiger partial charge in [-0.05, 0) is 49.7 Å². The molecule has 1 heterocycles. The number of carbonyl (C=O) groups is 3. The fraction of sp³-hybridized carbons (Fsp3) is 0.375. The van der Waals surface area contributed by atoms with Gasteiger partial charge in [0.25, 0.3) is 0 Å². The fourth-order valence-corrected chi connectivity index (χ4v) is 3.65. The smallest absolute Gasteiger partial charge is 0.238 e. The average molecular weight is 458 g/mol. The van der Waals surface area contributed by atoms with Crippen LogP contribution < -0.4 is 10.1 Å². The summed E-state index contributed by atoms with van der Waals surface area (Å²) in [7, 11) is 0. The molecule has 0 bridgehead atoms. The first kappa shape index (κ1) is 23.8. The number of halogens is 1. The van der Waals surface area contributed by atoms with Gasteiger partial charge in [-0.1, -0.05) is 23.7 Å². The minimum atomic E-state index is -0.119. The summed E-state index contributed by atoms with van der Waals surface area (Å²) >= 11 is 6.08. The third-order valence-corrected chi connectivity index (χ3v) is 5.63. The van der Waals surface area contributed by atoms with Gasteiger partial charge in [0.15, 0.2) is 5.78 Å². The van der Waals surface area contributed by atoms with Crippen LogP contribution in [0.4, 0.5) is 5.69 Å². The molecule has 2 amide bonds. The highest BCUT2D eigenvalue weighted by Gasteiger charge is 2.22. The van der Waals surface area contributed by atoms with Crippen molar-refractivity contribution in [1.82, 2.24) is 9.80 Å². The van der Waals surface area contributed by atoms with E-state index in [1.807, 2.05) is 21.9 Å². The lowest BCUT2D eigenvalue weighted by Crippen LogP contribution is -2.50. The van der Waals surface area contributed by atoms with Crippen LogP contribution in [0.15, 0.2) is 48.5 Å². The highest BCUT2D eigenvalue weighted by molar-refractivity contribution is 6.33. The summed E-state index contributed by atoms with van der Waals surface area (Å²) in [5.74, 6) is 0.682. The second kappa shape index (κ2) is 11.6. The first-order valence-corrected chi connectivity index (χ1v) is 11.1. The summed E-state index contributed by atoms with van der Waals surface area (Å²) in [5.41, 5.74) is 1.25. The highest BCUT2D eigenvalue weighted by atomic mass is 35.5. The number of amides is 2. The van der Waals surface area contributed by atoms with Crippen LogP contribution in [-0.2, 0) is 9.59 Å². The van der Waals surface area contributed by atoms with Gasteiger partial charge in [0.2, 0.25) is 11.8 Å². The molecule has 170 valence electrons. The van der Waals surface area contributed by atoms with E-state index in [0.717, 1.165) is 0 Å². The standard InChI is InChI=1S/C24H28ClN3O4/c1-18(29)19-8-10-20(11-9-19)32-16-4-7-24(31)28-14-12-27(13-15-28)17-23(30)26-22-6-3-2-5-21(22)25/h2-3,5-6,8-11H,4,7,12-17H2,1H3,(H,26,30). The molecule has 1 aliphatic rings. The monoisotopic (exact) mass is 457 g/mol. The Morgan fingerprint density at radius 1 is 1.00 bits per heavy atom. The van der Waals surface area contributed by atoms with Gasteiger partial charge in [-0.2, -0.15) is 0 Å². The maximum Gasteiger partial charge on any atom is 0.238 e. The van der Waals surface area contributed by atoms with E-state index in [-0.39, 0.29) is 24.1 Å². The maximum atomic E-state index is 12.5. The fourth-order valence-electron chi connectivity index (χ4n) is 3.47. The van der Waals surface area contributed by atoms with E-state index in [1.165, 1.54) is 6.92 Å². The number of nitrogens with one attached hydrogen (secondary N) is 1. The molecule has 8 heteroatoms. The molecule has 2 aromatic rings. The Balaban J connectivity index is 1.32. The first-order chi connectivity index (χ1) is 15.4. The van der Waals surface area contributed by atoms with E-state index in [4.69, 9.17) is 16.3 Å². The van der Waals surface area contributed by atoms with Crippen LogP contribution in [0.25, 0.3) is 0 Å². The molecule has 1 N–H and O–H groups in total. The number of hydrogen-bond acceptors (Lipinski definition) is 5. The molecule has 1 saturated heterocycles. The maximum absolute atomic E-state index is 12.5. The van der Waals surface area contributed by atoms with Gasteiger partial charge in [-0.3, -0.25) is 19.3 Å². The number of ketones is 1. The Labute approximate surface area is 193 Å². The van der Waals surface area contributed by atoms with Crippen LogP contribution >= 0.6 is 11.6 Å². The number of anilines is 1. The van der Waals surface area contributed by atoms with E-state index in [1.54, 1.807) is 36.4 Å². The summed E-state index contributed by atoms with van der Waals surface area (Å²) in [4.78, 5) is 39.9. The molecule has 0 unspecified atom stereocenters. The molecule has 0 atom stereocenters. The van der Waals surface area contributed by atoms with E-state index >= 15 is 0 Å². The SMILES string of the molecule is CC(=O)c1ccc(OCCCC(=O)N2CCN(CC(=O)Nc3ccccc3Cl)CC2)cc1. The van der Waals surface area contributed by atoms with Crippen molar-refractivity contribution in [2.45, 2.75) is 19.8 Å². The first-order valence-electron chi connectivity index (χ1n) is 10.7. The van der Waals surface area contributed by atoms with Gasteiger partial charge in [0, 0.05) is 38.2 Å². The Morgan fingerprint density at radius 2 is 1.69 bits per heavy atom. The quantitative estimate of drug-likeness (QED) is 0.460. The van der Waals surface area contributed by atoms with Gasteiger partial charge in [-0.15, -0.1) is 0 Å². The number of piperazine rings is 1. The number of benzene rings is 2. The molecule has 7 nitrogen and oxygen atoms in total. The molecular formula is C24H28ClN3O4. The molecular weight excluding hydrogens is 430 g/mol. The molecule has 1 fully saturated rings. The normalized spacial score (nSPS) is 14.1. The summed E-state index contributed by atoms with van der Waals surface area (Å²) in [6, 6.07) is 14.1. The zero-order valence-electron chi connectivity index (χ0n) is 18.2. The summed E-state index contributed by atoms with van der Waals surface area (Å²) in [5, 5.41) is 3.33. The van der Waals surface area contributed by atoms with E-state index < -0.39 is 0 Å². The largest absolute Gasteiger partial charge is 0.494 e. The molecule has 0 spiro atoms. The second-order valence-corrected chi connectivity index (χ2v) is 8.12. The van der Waals surface area contributed by atoms with Crippen molar-refractivity contribution >= 4 is 34.9 Å². The molecule has 0 saturated carbocycles. The lowest BCUT2D eigenvalue weighted by atomic mass is 10.1. The van der Waals surface area contributed by atoms with Gasteiger partial charge in [0.05, 0.1) is 23.9 Å². The van der Waals surface area contributed by atoms with Gasteiger partial charge >= 0.3 is 0 Å². The number of hydrogen-bond donors (Lipinski definition) is 1. The molecule has 3 rings (SSSR count). The van der Waals surface area contributed by atoms with Crippen molar-refractivity contribution in [3.05, 3.63) is 59.1 Å². The number of ether oxygens (including phenoxy) is 1. The van der Waals surface area contributed by atoms with Crippen LogP contribution in [0, 0.1) is 0 Å². The van der Waals surface area contributed by atoms with Gasteiger partial charge in [-0.25, -0.2) is 0 Å². The van der Waals surface area contributed by atoms with Gasteiger partial charge in [0.1, 0.15) is 5.75 Å². The number of para-hydroxylation sites is 1. The molecule has 0 aliphatic carbocycles. The minimum Gasteiger partial charge on any atom is -0.494 e. The van der Waals surface area contributed by atoms with E-state index in [9.17, 15) is 14.4 Å². The highest BCUT2D eigenvalue weighted by Crippen LogP contribution is 2.20. The zero-order chi connectivity index (χ0) is 22.9. The summed E-state index contributed by atoms with van der Waals surface area (Å²) in [6.45, 7) is 4.74. The van der Waals surface area contributed by atoms with Crippen molar-refractivity contribution in [1.29, 1.82) is 0 Å². The van der Waals surface area contributed by atoms with E-state index in [2.05, 4.69) is 5.32 Å². The minimum absolute atomic E-state index is 0.0171. The van der Waals surface area contributed by atoms with Crippen molar-refractivity contribution in [2.24, 2.45) is 0 Å². The Kier molecular flexibility index (Phi) is 8.64. The van der Waals surface area contributed by atoms with Crippen LogP contribution in [0.2, 0.25) is 5.02 Å². The zero-order valence-corrected chi connectivity index (χ0v) is 18.9. The Hall–Kier alpha value is -2.90. The van der Waals surface area contributed by atoms with Crippen molar-refractivity contribution in [3.63, 3.8) is 0 Å². The molecule has 1 aliphatic heterocycles. The van der Waals surface area contributed by atoms with Crippen LogP contribution in [0.1, 0.15) is 30.1 Å². The third-order valence-electron chi connectivity index (χ3n) is 5.30. The van der Waals surface area contributed by atoms with Gasteiger partial charge < -0.3 is 15.0 Å². The number of carbonyl (C=O) groups excluding carboxylic acids is 3. The predicted octanol–water partition coefficient (Wildman–Crippen LogP) is 3.48. The Bertz CT molecular complexity index is 941. The number of nitrogens with zero attached hydrogens (tertiary/aromatic N) is 2. The van der Waals surface area contributed by atoms with Crippen molar-refractivity contribution < 1.29 is 19.1 Å². The third kappa shape index (κ3) is 7.07. The Morgan fingerprint density at radius 3 is 2.34 bits per heavy atom. The molecule has 0 aromatic heterocycles. The van der Waals surface area contributed by atoms with Crippen molar-refractivity contribution in [2.75, 3.05) is 44.6 Å². The second-order valence-electron chi connectivity index (χ2n) is 7.72. The topological polar surface area (TPSA) is 79.0 Å². The lowest BCUT2D eigenvalue weighted by Gasteiger charge is -2.34.